The standard InChI is InChI=1S/C12H16N2O4S/c15-12(16)10-2-1-3-11-13-9(6-14(10)11)8-4-5-19(17,18)7-8/h6,8,10H,1-5,7H2,(H,15,16). The smallest absolute Gasteiger partial charge is 0.326 e. The third-order valence-corrected chi connectivity index (χ3v) is 5.75. The van der Waals surface area contributed by atoms with Crippen molar-refractivity contribution in [1.29, 1.82) is 0 Å². The molecule has 0 aliphatic carbocycles. The molecule has 1 saturated heterocycles. The minimum absolute atomic E-state index is 0.0717. The summed E-state index contributed by atoms with van der Waals surface area (Å²) >= 11 is 0. The summed E-state index contributed by atoms with van der Waals surface area (Å²) < 4.78 is 24.7. The Bertz CT molecular complexity index is 620. The fraction of sp³-hybridized carbons (Fsp3) is 0.667. The van der Waals surface area contributed by atoms with Gasteiger partial charge in [0, 0.05) is 18.5 Å². The molecule has 1 aromatic heterocycles. The van der Waals surface area contributed by atoms with Crippen molar-refractivity contribution < 1.29 is 18.3 Å². The minimum Gasteiger partial charge on any atom is -0.480 e. The van der Waals surface area contributed by atoms with Crippen LogP contribution in [-0.2, 0) is 21.1 Å². The van der Waals surface area contributed by atoms with E-state index in [2.05, 4.69) is 4.98 Å². The van der Waals surface area contributed by atoms with Gasteiger partial charge in [-0.2, -0.15) is 0 Å². The van der Waals surface area contributed by atoms with Gasteiger partial charge in [0.25, 0.3) is 0 Å². The van der Waals surface area contributed by atoms with E-state index in [1.54, 1.807) is 10.8 Å². The first-order valence-electron chi connectivity index (χ1n) is 6.47. The highest BCUT2D eigenvalue weighted by molar-refractivity contribution is 7.91. The van der Waals surface area contributed by atoms with Crippen molar-refractivity contribution in [2.75, 3.05) is 11.5 Å². The molecule has 7 heteroatoms. The van der Waals surface area contributed by atoms with Crippen molar-refractivity contribution in [3.8, 4) is 0 Å². The number of imidazole rings is 1. The summed E-state index contributed by atoms with van der Waals surface area (Å²) in [5.41, 5.74) is 0.740. The van der Waals surface area contributed by atoms with Gasteiger partial charge in [-0.25, -0.2) is 18.2 Å². The summed E-state index contributed by atoms with van der Waals surface area (Å²) in [6, 6.07) is -0.553. The summed E-state index contributed by atoms with van der Waals surface area (Å²) in [5, 5.41) is 9.20. The van der Waals surface area contributed by atoms with Crippen LogP contribution >= 0.6 is 0 Å². The molecule has 0 radical (unpaired) electrons. The van der Waals surface area contributed by atoms with E-state index in [0.717, 1.165) is 24.4 Å². The van der Waals surface area contributed by atoms with E-state index in [4.69, 9.17) is 0 Å². The number of carboxylic acid groups (broad SMARTS) is 1. The van der Waals surface area contributed by atoms with Gasteiger partial charge in [0.15, 0.2) is 9.84 Å². The maximum atomic E-state index is 11.5. The number of hydrogen-bond donors (Lipinski definition) is 1. The molecule has 1 aromatic rings. The van der Waals surface area contributed by atoms with Crippen LogP contribution in [0.15, 0.2) is 6.20 Å². The molecule has 1 N–H and O–H groups in total. The zero-order valence-electron chi connectivity index (χ0n) is 10.4. The number of sulfone groups is 1. The number of fused-ring (bicyclic) bond motifs is 1. The highest BCUT2D eigenvalue weighted by Gasteiger charge is 2.33. The van der Waals surface area contributed by atoms with E-state index in [1.165, 1.54) is 0 Å². The lowest BCUT2D eigenvalue weighted by Crippen LogP contribution is -2.24. The van der Waals surface area contributed by atoms with Crippen LogP contribution in [-0.4, -0.2) is 40.6 Å². The number of nitrogens with zero attached hydrogens (tertiary/aromatic N) is 2. The molecule has 104 valence electrons. The van der Waals surface area contributed by atoms with Gasteiger partial charge in [0.1, 0.15) is 11.9 Å². The molecule has 3 rings (SSSR count). The normalized spacial score (nSPS) is 29.1. The van der Waals surface area contributed by atoms with Crippen LogP contribution in [0.2, 0.25) is 0 Å². The fourth-order valence-corrected chi connectivity index (χ4v) is 4.73. The van der Waals surface area contributed by atoms with Gasteiger partial charge < -0.3 is 9.67 Å². The topological polar surface area (TPSA) is 89.3 Å². The maximum absolute atomic E-state index is 11.5. The van der Waals surface area contributed by atoms with Gasteiger partial charge >= 0.3 is 5.97 Å². The van der Waals surface area contributed by atoms with E-state index in [1.807, 2.05) is 0 Å². The fourth-order valence-electron chi connectivity index (χ4n) is 2.97. The van der Waals surface area contributed by atoms with E-state index in [-0.39, 0.29) is 17.4 Å². The molecule has 2 unspecified atom stereocenters. The van der Waals surface area contributed by atoms with Crippen LogP contribution in [0.5, 0.6) is 0 Å². The number of aliphatic carboxylic acids is 1. The average Bonchev–Trinajstić information content (AvgIpc) is 2.90. The zero-order valence-corrected chi connectivity index (χ0v) is 11.3. The Balaban J connectivity index is 1.92. The minimum atomic E-state index is -2.94. The van der Waals surface area contributed by atoms with Gasteiger partial charge in [0.05, 0.1) is 17.2 Å². The third-order valence-electron chi connectivity index (χ3n) is 3.98. The Morgan fingerprint density at radius 2 is 2.21 bits per heavy atom. The Morgan fingerprint density at radius 3 is 2.84 bits per heavy atom. The Kier molecular flexibility index (Phi) is 2.88. The molecule has 2 aliphatic heterocycles. The number of carbonyl (C=O) groups is 1. The van der Waals surface area contributed by atoms with Crippen molar-refractivity contribution >= 4 is 15.8 Å². The van der Waals surface area contributed by atoms with E-state index in [9.17, 15) is 18.3 Å². The molecule has 0 aromatic carbocycles. The van der Waals surface area contributed by atoms with Crippen LogP contribution in [0, 0.1) is 0 Å². The molecular weight excluding hydrogens is 268 g/mol. The van der Waals surface area contributed by atoms with Crippen molar-refractivity contribution in [2.45, 2.75) is 37.6 Å². The molecule has 6 nitrogen and oxygen atoms in total. The SMILES string of the molecule is O=C(O)C1CCCc2nc(C3CCS(=O)(=O)C3)cn21. The third kappa shape index (κ3) is 2.27. The van der Waals surface area contributed by atoms with Gasteiger partial charge in [-0.15, -0.1) is 0 Å². The highest BCUT2D eigenvalue weighted by Crippen LogP contribution is 2.32. The molecule has 0 bridgehead atoms. The number of hydrogen-bond acceptors (Lipinski definition) is 4. The lowest BCUT2D eigenvalue weighted by Gasteiger charge is -2.20. The number of rotatable bonds is 2. The van der Waals surface area contributed by atoms with Crippen LogP contribution in [0.1, 0.15) is 42.7 Å². The number of aromatic nitrogens is 2. The van der Waals surface area contributed by atoms with Crippen LogP contribution in [0.3, 0.4) is 0 Å². The Morgan fingerprint density at radius 1 is 1.42 bits per heavy atom. The van der Waals surface area contributed by atoms with Gasteiger partial charge in [0.2, 0.25) is 0 Å². The predicted molar refractivity (Wildman–Crippen MR) is 67.8 cm³/mol. The summed E-state index contributed by atoms with van der Waals surface area (Å²) in [5.74, 6) is 0.211. The summed E-state index contributed by atoms with van der Waals surface area (Å²) in [4.78, 5) is 15.7. The highest BCUT2D eigenvalue weighted by atomic mass is 32.2. The first kappa shape index (κ1) is 12.7. The molecule has 19 heavy (non-hydrogen) atoms. The summed E-state index contributed by atoms with van der Waals surface area (Å²) in [7, 11) is -2.94. The van der Waals surface area contributed by atoms with Crippen LogP contribution in [0.25, 0.3) is 0 Å². The molecule has 1 fully saturated rings. The average molecular weight is 284 g/mol. The quantitative estimate of drug-likeness (QED) is 0.865. The predicted octanol–water partition coefficient (Wildman–Crippen LogP) is 0.747. The summed E-state index contributed by atoms with van der Waals surface area (Å²) in [6.45, 7) is 0. The lowest BCUT2D eigenvalue weighted by molar-refractivity contribution is -0.141. The maximum Gasteiger partial charge on any atom is 0.326 e. The number of aryl methyl sites for hydroxylation is 1. The largest absolute Gasteiger partial charge is 0.480 e. The lowest BCUT2D eigenvalue weighted by atomic mass is 10.0. The zero-order chi connectivity index (χ0) is 13.6. The Labute approximate surface area is 111 Å². The first-order chi connectivity index (χ1) is 8.96. The van der Waals surface area contributed by atoms with Crippen LogP contribution in [0.4, 0.5) is 0 Å². The molecule has 0 amide bonds. The molecule has 0 spiro atoms. The molecule has 3 heterocycles. The second kappa shape index (κ2) is 4.33. The first-order valence-corrected chi connectivity index (χ1v) is 8.29. The van der Waals surface area contributed by atoms with E-state index >= 15 is 0 Å². The molecule has 0 saturated carbocycles. The van der Waals surface area contributed by atoms with Gasteiger partial charge in [-0.1, -0.05) is 0 Å². The summed E-state index contributed by atoms with van der Waals surface area (Å²) in [6.07, 6.45) is 4.54. The monoisotopic (exact) mass is 284 g/mol. The van der Waals surface area contributed by atoms with Gasteiger partial charge in [-0.05, 0) is 19.3 Å². The second-order valence-electron chi connectivity index (χ2n) is 5.34. The second-order valence-corrected chi connectivity index (χ2v) is 7.56. The molecule has 2 aliphatic rings. The van der Waals surface area contributed by atoms with Crippen molar-refractivity contribution in [1.82, 2.24) is 9.55 Å². The van der Waals surface area contributed by atoms with Crippen molar-refractivity contribution in [3.63, 3.8) is 0 Å². The van der Waals surface area contributed by atoms with Crippen molar-refractivity contribution in [2.24, 2.45) is 0 Å². The van der Waals surface area contributed by atoms with Crippen molar-refractivity contribution in [3.05, 3.63) is 17.7 Å². The van der Waals surface area contributed by atoms with E-state index < -0.39 is 21.8 Å². The van der Waals surface area contributed by atoms with E-state index in [0.29, 0.717) is 12.8 Å². The molecule has 2 atom stereocenters. The van der Waals surface area contributed by atoms with Gasteiger partial charge in [-0.3, -0.25) is 0 Å². The van der Waals surface area contributed by atoms with Crippen LogP contribution < -0.4 is 0 Å². The molecular formula is C12H16N2O4S. The number of carboxylic acids is 1. The Hall–Kier alpha value is -1.37.